The summed E-state index contributed by atoms with van der Waals surface area (Å²) in [7, 11) is 0. The molecule has 0 fully saturated rings. The van der Waals surface area contributed by atoms with Gasteiger partial charge in [0.25, 0.3) is 5.89 Å². The Hall–Kier alpha value is -2.62. The maximum atomic E-state index is 9.78. The Kier molecular flexibility index (Phi) is 2.57. The van der Waals surface area contributed by atoms with Gasteiger partial charge in [-0.25, -0.2) is 0 Å². The van der Waals surface area contributed by atoms with E-state index >= 15 is 0 Å². The molecule has 1 aromatic heterocycles. The molecule has 4 heteroatoms. The van der Waals surface area contributed by atoms with Crippen LogP contribution in [-0.4, -0.2) is 15.2 Å². The van der Waals surface area contributed by atoms with Crippen molar-refractivity contribution in [3.8, 4) is 17.2 Å². The molecule has 2 aromatic carbocycles. The number of fused-ring (bicyclic) bond motifs is 1. The van der Waals surface area contributed by atoms with Gasteiger partial charge in [0.1, 0.15) is 5.75 Å². The molecule has 0 aliphatic heterocycles. The predicted octanol–water partition coefficient (Wildman–Crippen LogP) is 3.44. The summed E-state index contributed by atoms with van der Waals surface area (Å²) >= 11 is 0. The van der Waals surface area contributed by atoms with Gasteiger partial charge in [0.2, 0.25) is 0 Å². The minimum atomic E-state index is 0.220. The number of phenolic OH excluding ortho intramolecular Hbond substituents is 1. The summed E-state index contributed by atoms with van der Waals surface area (Å²) in [6.07, 6.45) is 0.953. The summed E-state index contributed by atoms with van der Waals surface area (Å²) < 4.78 is 5.35. The Labute approximate surface area is 122 Å². The summed E-state index contributed by atoms with van der Waals surface area (Å²) in [4.78, 5) is 4.48. The first-order valence-corrected chi connectivity index (χ1v) is 6.94. The number of aromatic nitrogens is 2. The lowest BCUT2D eigenvalue weighted by atomic mass is 9.77. The molecule has 0 radical (unpaired) electrons. The smallest absolute Gasteiger partial charge is 0.258 e. The lowest BCUT2D eigenvalue weighted by Crippen LogP contribution is -2.19. The lowest BCUT2D eigenvalue weighted by molar-refractivity contribution is 0.415. The van der Waals surface area contributed by atoms with Gasteiger partial charge in [-0.1, -0.05) is 35.5 Å². The lowest BCUT2D eigenvalue weighted by Gasteiger charge is -2.27. The minimum absolute atomic E-state index is 0.220. The number of hydrogen-bond donors (Lipinski definition) is 1. The van der Waals surface area contributed by atoms with Crippen molar-refractivity contribution >= 4 is 0 Å². The van der Waals surface area contributed by atoms with Crippen molar-refractivity contribution < 1.29 is 9.63 Å². The minimum Gasteiger partial charge on any atom is -0.508 e. The molecule has 4 rings (SSSR count). The highest BCUT2D eigenvalue weighted by Gasteiger charge is 2.31. The van der Waals surface area contributed by atoms with Crippen molar-refractivity contribution in [2.45, 2.75) is 19.3 Å². The average molecular weight is 278 g/mol. The highest BCUT2D eigenvalue weighted by molar-refractivity contribution is 5.57. The van der Waals surface area contributed by atoms with Crippen molar-refractivity contribution in [1.29, 1.82) is 0 Å². The molecule has 3 aromatic rings. The number of aromatic hydroxyl groups is 1. The molecule has 4 nitrogen and oxygen atoms in total. The van der Waals surface area contributed by atoms with Crippen LogP contribution in [0.25, 0.3) is 11.5 Å². The quantitative estimate of drug-likeness (QED) is 0.780. The van der Waals surface area contributed by atoms with Gasteiger partial charge in [-0.2, -0.15) is 4.98 Å². The topological polar surface area (TPSA) is 59.2 Å². The average Bonchev–Trinajstić information content (AvgIpc) is 2.93. The number of aryl methyl sites for hydroxylation is 1. The number of rotatable bonds is 2. The predicted molar refractivity (Wildman–Crippen MR) is 78.1 cm³/mol. The normalized spacial score (nSPS) is 16.3. The Morgan fingerprint density at radius 3 is 2.86 bits per heavy atom. The van der Waals surface area contributed by atoms with Gasteiger partial charge in [0.05, 0.1) is 5.92 Å². The first-order chi connectivity index (χ1) is 10.2. The van der Waals surface area contributed by atoms with Gasteiger partial charge in [0.15, 0.2) is 5.82 Å². The van der Waals surface area contributed by atoms with Gasteiger partial charge in [-0.15, -0.1) is 0 Å². The zero-order valence-electron chi connectivity index (χ0n) is 11.6. The van der Waals surface area contributed by atoms with E-state index in [2.05, 4.69) is 22.3 Å². The largest absolute Gasteiger partial charge is 0.508 e. The second-order valence-electron chi connectivity index (χ2n) is 5.41. The fourth-order valence-electron chi connectivity index (χ4n) is 2.73. The molecular weight excluding hydrogens is 264 g/mol. The zero-order chi connectivity index (χ0) is 14.4. The van der Waals surface area contributed by atoms with Crippen molar-refractivity contribution in [1.82, 2.24) is 10.1 Å². The fourth-order valence-corrected chi connectivity index (χ4v) is 2.73. The van der Waals surface area contributed by atoms with Crippen LogP contribution in [0.15, 0.2) is 47.0 Å². The van der Waals surface area contributed by atoms with Crippen LogP contribution < -0.4 is 0 Å². The molecule has 1 aliphatic rings. The maximum absolute atomic E-state index is 9.78. The van der Waals surface area contributed by atoms with E-state index in [4.69, 9.17) is 4.52 Å². The van der Waals surface area contributed by atoms with E-state index in [9.17, 15) is 5.11 Å². The third kappa shape index (κ3) is 1.91. The zero-order valence-corrected chi connectivity index (χ0v) is 11.6. The molecule has 0 saturated heterocycles. The van der Waals surface area contributed by atoms with Crippen LogP contribution in [-0.2, 0) is 6.42 Å². The first kappa shape index (κ1) is 12.1. The second kappa shape index (κ2) is 4.45. The van der Waals surface area contributed by atoms with Crippen LogP contribution in [0.2, 0.25) is 0 Å². The summed E-state index contributed by atoms with van der Waals surface area (Å²) in [6, 6.07) is 13.7. The monoisotopic (exact) mass is 278 g/mol. The Morgan fingerprint density at radius 2 is 2.05 bits per heavy atom. The SMILES string of the molecule is Cc1ccc(-c2nc(C3Cc4ccccc43)no2)cc1O. The van der Waals surface area contributed by atoms with Gasteiger partial charge in [0, 0.05) is 5.56 Å². The van der Waals surface area contributed by atoms with Gasteiger partial charge >= 0.3 is 0 Å². The van der Waals surface area contributed by atoms with Crippen molar-refractivity contribution in [2.75, 3.05) is 0 Å². The molecule has 104 valence electrons. The number of nitrogens with zero attached hydrogens (tertiary/aromatic N) is 2. The van der Waals surface area contributed by atoms with Crippen LogP contribution in [0, 0.1) is 6.92 Å². The molecule has 1 unspecified atom stereocenters. The van der Waals surface area contributed by atoms with E-state index in [0.29, 0.717) is 11.7 Å². The Balaban J connectivity index is 1.66. The highest BCUT2D eigenvalue weighted by atomic mass is 16.5. The number of phenols is 1. The van der Waals surface area contributed by atoms with E-state index in [1.54, 1.807) is 6.07 Å². The molecule has 1 N–H and O–H groups in total. The van der Waals surface area contributed by atoms with Crippen molar-refractivity contribution in [2.24, 2.45) is 0 Å². The van der Waals surface area contributed by atoms with Crippen LogP contribution in [0.1, 0.15) is 28.4 Å². The first-order valence-electron chi connectivity index (χ1n) is 6.94. The summed E-state index contributed by atoms with van der Waals surface area (Å²) in [5.74, 6) is 1.62. The van der Waals surface area contributed by atoms with E-state index in [0.717, 1.165) is 17.5 Å². The standard InChI is InChI=1S/C17H14N2O2/c1-10-6-7-12(9-15(10)20)17-18-16(19-21-17)14-8-11-4-2-3-5-13(11)14/h2-7,9,14,20H,8H2,1H3. The van der Waals surface area contributed by atoms with E-state index in [-0.39, 0.29) is 11.7 Å². The van der Waals surface area contributed by atoms with Crippen LogP contribution in [0.5, 0.6) is 5.75 Å². The third-order valence-corrected chi connectivity index (χ3v) is 4.06. The Bertz CT molecular complexity index is 823. The molecule has 1 atom stereocenters. The summed E-state index contributed by atoms with van der Waals surface area (Å²) in [5.41, 5.74) is 4.19. The molecule has 0 amide bonds. The molecule has 21 heavy (non-hydrogen) atoms. The third-order valence-electron chi connectivity index (χ3n) is 4.06. The molecular formula is C17H14N2O2. The molecule has 1 heterocycles. The second-order valence-corrected chi connectivity index (χ2v) is 5.41. The van der Waals surface area contributed by atoms with E-state index in [1.807, 2.05) is 31.2 Å². The van der Waals surface area contributed by atoms with E-state index in [1.165, 1.54) is 11.1 Å². The van der Waals surface area contributed by atoms with Gasteiger partial charge in [-0.05, 0) is 42.2 Å². The van der Waals surface area contributed by atoms with Gasteiger partial charge < -0.3 is 9.63 Å². The van der Waals surface area contributed by atoms with E-state index < -0.39 is 0 Å². The maximum Gasteiger partial charge on any atom is 0.258 e. The van der Waals surface area contributed by atoms with Gasteiger partial charge in [-0.3, -0.25) is 0 Å². The number of benzene rings is 2. The van der Waals surface area contributed by atoms with Crippen molar-refractivity contribution in [3.63, 3.8) is 0 Å². The molecule has 0 spiro atoms. The highest BCUT2D eigenvalue weighted by Crippen LogP contribution is 2.39. The van der Waals surface area contributed by atoms with Crippen molar-refractivity contribution in [3.05, 3.63) is 65.0 Å². The Morgan fingerprint density at radius 1 is 1.19 bits per heavy atom. The van der Waals surface area contributed by atoms with Crippen LogP contribution in [0.4, 0.5) is 0 Å². The summed E-state index contributed by atoms with van der Waals surface area (Å²) in [5, 5.41) is 13.9. The summed E-state index contributed by atoms with van der Waals surface area (Å²) in [6.45, 7) is 1.85. The van der Waals surface area contributed by atoms with Crippen LogP contribution in [0.3, 0.4) is 0 Å². The van der Waals surface area contributed by atoms with Crippen LogP contribution >= 0.6 is 0 Å². The molecule has 0 saturated carbocycles. The number of hydrogen-bond acceptors (Lipinski definition) is 4. The fraction of sp³-hybridized carbons (Fsp3) is 0.176. The molecule has 0 bridgehead atoms. The molecule has 1 aliphatic carbocycles.